The molecule has 0 heterocycles. The molecular weight excluding hydrogens is 424 g/mol. The van der Waals surface area contributed by atoms with Crippen LogP contribution in [-0.2, 0) is 0 Å². The molecule has 2 N–H and O–H groups in total. The van der Waals surface area contributed by atoms with Crippen LogP contribution in [0.15, 0.2) is 127 Å². The monoisotopic (exact) mass is 446 g/mol. The second-order valence-electron chi connectivity index (χ2n) is 7.87. The molecule has 0 spiro atoms. The van der Waals surface area contributed by atoms with Gasteiger partial charge in [0.2, 0.25) is 0 Å². The summed E-state index contributed by atoms with van der Waals surface area (Å²) >= 11 is 6.41. The molecule has 0 unspecified atom stereocenters. The lowest BCUT2D eigenvalue weighted by Crippen LogP contribution is -1.94. The number of rotatable bonds is 6. The fourth-order valence-corrected chi connectivity index (χ4v) is 4.06. The van der Waals surface area contributed by atoms with Crippen molar-refractivity contribution in [2.24, 2.45) is 0 Å². The second kappa shape index (κ2) is 9.64. The standard InChI is InChI=1S/C30H23ClN2/c31-26-19-29(32-27-15-11-24(12-16-27)22-7-3-1-4-8-22)21-30(20-26)33-28-17-13-25(14-18-28)23-9-5-2-6-10-23/h1-21,32-33H. The molecule has 0 aliphatic heterocycles. The highest BCUT2D eigenvalue weighted by Crippen LogP contribution is 2.29. The van der Waals surface area contributed by atoms with E-state index in [4.69, 9.17) is 11.6 Å². The molecule has 2 nitrogen and oxygen atoms in total. The Morgan fingerprint density at radius 3 is 1.12 bits per heavy atom. The SMILES string of the molecule is Clc1cc(Nc2ccc(-c3ccccc3)cc2)cc(Nc2ccc(-c3ccccc3)cc2)c1. The van der Waals surface area contributed by atoms with Gasteiger partial charge in [-0.1, -0.05) is 96.5 Å². The summed E-state index contributed by atoms with van der Waals surface area (Å²) in [6.45, 7) is 0. The highest BCUT2D eigenvalue weighted by atomic mass is 35.5. The summed E-state index contributed by atoms with van der Waals surface area (Å²) in [6, 6.07) is 43.5. The first-order valence-electron chi connectivity index (χ1n) is 10.9. The normalized spacial score (nSPS) is 10.6. The lowest BCUT2D eigenvalue weighted by molar-refractivity contribution is 1.51. The minimum Gasteiger partial charge on any atom is -0.355 e. The highest BCUT2D eigenvalue weighted by Gasteiger charge is 2.04. The number of nitrogens with one attached hydrogen (secondary N) is 2. The first kappa shape index (κ1) is 20.9. The van der Waals surface area contributed by atoms with Crippen molar-refractivity contribution in [3.05, 3.63) is 132 Å². The molecule has 0 bridgehead atoms. The van der Waals surface area contributed by atoms with Gasteiger partial charge >= 0.3 is 0 Å². The lowest BCUT2D eigenvalue weighted by atomic mass is 10.1. The number of halogens is 1. The minimum atomic E-state index is 0.671. The summed E-state index contributed by atoms with van der Waals surface area (Å²) in [5, 5.41) is 7.58. The average molecular weight is 447 g/mol. The zero-order valence-electron chi connectivity index (χ0n) is 18.0. The smallest absolute Gasteiger partial charge is 0.0447 e. The van der Waals surface area contributed by atoms with E-state index in [1.165, 1.54) is 22.3 Å². The summed E-state index contributed by atoms with van der Waals surface area (Å²) in [5.41, 5.74) is 8.66. The van der Waals surface area contributed by atoms with Gasteiger partial charge in [-0.25, -0.2) is 0 Å². The number of hydrogen-bond donors (Lipinski definition) is 2. The van der Waals surface area contributed by atoms with E-state index in [1.807, 2.05) is 24.3 Å². The van der Waals surface area contributed by atoms with Crippen molar-refractivity contribution >= 4 is 34.4 Å². The largest absolute Gasteiger partial charge is 0.355 e. The molecule has 0 saturated carbocycles. The predicted octanol–water partition coefficient (Wildman–Crippen LogP) is 9.16. The van der Waals surface area contributed by atoms with Gasteiger partial charge in [0.05, 0.1) is 0 Å². The van der Waals surface area contributed by atoms with E-state index < -0.39 is 0 Å². The maximum atomic E-state index is 6.41. The Morgan fingerprint density at radius 2 is 0.727 bits per heavy atom. The topological polar surface area (TPSA) is 24.1 Å². The predicted molar refractivity (Wildman–Crippen MR) is 142 cm³/mol. The molecule has 0 aliphatic rings. The summed E-state index contributed by atoms with van der Waals surface area (Å²) in [6.07, 6.45) is 0. The van der Waals surface area contributed by atoms with Gasteiger partial charge in [0, 0.05) is 27.8 Å². The average Bonchev–Trinajstić information content (AvgIpc) is 2.86. The van der Waals surface area contributed by atoms with Crippen molar-refractivity contribution in [2.75, 3.05) is 10.6 Å². The third kappa shape index (κ3) is 5.25. The zero-order chi connectivity index (χ0) is 22.5. The Labute approximate surface area is 199 Å². The van der Waals surface area contributed by atoms with Crippen LogP contribution in [0, 0.1) is 0 Å². The Bertz CT molecular complexity index is 1230. The van der Waals surface area contributed by atoms with Gasteiger partial charge < -0.3 is 10.6 Å². The van der Waals surface area contributed by atoms with Crippen LogP contribution < -0.4 is 10.6 Å². The number of anilines is 4. The van der Waals surface area contributed by atoms with Gasteiger partial charge in [0.15, 0.2) is 0 Å². The fourth-order valence-electron chi connectivity index (χ4n) is 3.82. The molecular formula is C30H23ClN2. The third-order valence-corrected chi connectivity index (χ3v) is 5.68. The Morgan fingerprint density at radius 1 is 0.364 bits per heavy atom. The second-order valence-corrected chi connectivity index (χ2v) is 8.30. The molecule has 0 radical (unpaired) electrons. The van der Waals surface area contributed by atoms with Crippen LogP contribution in [-0.4, -0.2) is 0 Å². The van der Waals surface area contributed by atoms with E-state index in [0.29, 0.717) is 5.02 Å². The van der Waals surface area contributed by atoms with Gasteiger partial charge in [0.1, 0.15) is 0 Å². The van der Waals surface area contributed by atoms with Gasteiger partial charge in [-0.15, -0.1) is 0 Å². The van der Waals surface area contributed by atoms with Crippen molar-refractivity contribution in [1.29, 1.82) is 0 Å². The van der Waals surface area contributed by atoms with Crippen molar-refractivity contribution in [2.45, 2.75) is 0 Å². The molecule has 0 aromatic heterocycles. The molecule has 33 heavy (non-hydrogen) atoms. The van der Waals surface area contributed by atoms with E-state index in [2.05, 4.69) is 114 Å². The minimum absolute atomic E-state index is 0.671. The van der Waals surface area contributed by atoms with Gasteiger partial charge in [-0.05, 0) is 64.7 Å². The molecule has 160 valence electrons. The van der Waals surface area contributed by atoms with E-state index in [0.717, 1.165) is 22.7 Å². The molecule has 0 saturated heterocycles. The summed E-state index contributed by atoms with van der Waals surface area (Å²) in [5.74, 6) is 0. The van der Waals surface area contributed by atoms with Gasteiger partial charge in [-0.3, -0.25) is 0 Å². The quantitative estimate of drug-likeness (QED) is 0.271. The molecule has 0 aliphatic carbocycles. The van der Waals surface area contributed by atoms with Crippen molar-refractivity contribution in [3.63, 3.8) is 0 Å². The van der Waals surface area contributed by atoms with Crippen molar-refractivity contribution in [3.8, 4) is 22.3 Å². The van der Waals surface area contributed by atoms with E-state index in [9.17, 15) is 0 Å². The van der Waals surface area contributed by atoms with E-state index >= 15 is 0 Å². The molecule has 5 aromatic rings. The van der Waals surface area contributed by atoms with Gasteiger partial charge in [0.25, 0.3) is 0 Å². The van der Waals surface area contributed by atoms with Gasteiger partial charge in [-0.2, -0.15) is 0 Å². The maximum absolute atomic E-state index is 6.41. The number of benzene rings is 5. The van der Waals surface area contributed by atoms with Crippen molar-refractivity contribution in [1.82, 2.24) is 0 Å². The summed E-state index contributed by atoms with van der Waals surface area (Å²) in [4.78, 5) is 0. The third-order valence-electron chi connectivity index (χ3n) is 5.46. The molecule has 0 amide bonds. The summed E-state index contributed by atoms with van der Waals surface area (Å²) < 4.78 is 0. The Kier molecular flexibility index (Phi) is 6.10. The molecule has 5 aromatic carbocycles. The maximum Gasteiger partial charge on any atom is 0.0447 e. The van der Waals surface area contributed by atoms with E-state index in [1.54, 1.807) is 0 Å². The Balaban J connectivity index is 1.30. The zero-order valence-corrected chi connectivity index (χ0v) is 18.8. The lowest BCUT2D eigenvalue weighted by Gasteiger charge is -2.12. The molecule has 0 atom stereocenters. The van der Waals surface area contributed by atoms with Crippen LogP contribution >= 0.6 is 11.6 Å². The molecule has 3 heteroatoms. The van der Waals surface area contributed by atoms with Crippen LogP contribution in [0.2, 0.25) is 5.02 Å². The van der Waals surface area contributed by atoms with Crippen molar-refractivity contribution < 1.29 is 0 Å². The van der Waals surface area contributed by atoms with Crippen LogP contribution in [0.4, 0.5) is 22.7 Å². The van der Waals surface area contributed by atoms with Crippen LogP contribution in [0.5, 0.6) is 0 Å². The highest BCUT2D eigenvalue weighted by molar-refractivity contribution is 6.31. The van der Waals surface area contributed by atoms with E-state index in [-0.39, 0.29) is 0 Å². The fraction of sp³-hybridized carbons (Fsp3) is 0. The first-order chi connectivity index (χ1) is 16.2. The number of hydrogen-bond acceptors (Lipinski definition) is 2. The molecule has 0 fully saturated rings. The molecule has 5 rings (SSSR count). The van der Waals surface area contributed by atoms with Crippen LogP contribution in [0.1, 0.15) is 0 Å². The van der Waals surface area contributed by atoms with Crippen LogP contribution in [0.25, 0.3) is 22.3 Å². The Hall–Kier alpha value is -4.01. The van der Waals surface area contributed by atoms with Crippen LogP contribution in [0.3, 0.4) is 0 Å². The first-order valence-corrected chi connectivity index (χ1v) is 11.3. The summed E-state index contributed by atoms with van der Waals surface area (Å²) in [7, 11) is 0.